The summed E-state index contributed by atoms with van der Waals surface area (Å²) in [7, 11) is 0. The maximum atomic E-state index is 13.0. The monoisotopic (exact) mass is 283 g/mol. The summed E-state index contributed by atoms with van der Waals surface area (Å²) in [5.41, 5.74) is 4.98. The Balaban J connectivity index is 2.26. The molecule has 1 heterocycles. The number of nitrogens with zero attached hydrogens (tertiary/aromatic N) is 2. The first-order chi connectivity index (χ1) is 9.65. The molecule has 0 aromatic rings. The number of amidine groups is 1. The molecule has 1 saturated carbocycles. The van der Waals surface area contributed by atoms with Gasteiger partial charge in [0, 0.05) is 6.54 Å². The van der Waals surface area contributed by atoms with Gasteiger partial charge in [-0.25, -0.2) is 0 Å². The van der Waals surface area contributed by atoms with Gasteiger partial charge in [-0.1, -0.05) is 30.8 Å². The van der Waals surface area contributed by atoms with E-state index in [4.69, 9.17) is 10.9 Å². The van der Waals surface area contributed by atoms with Crippen molar-refractivity contribution in [3.05, 3.63) is 0 Å². The van der Waals surface area contributed by atoms with Crippen LogP contribution in [0.1, 0.15) is 51.4 Å². The molecule has 0 bridgehead atoms. The smallest absolute Gasteiger partial charge is 0.236 e. The van der Waals surface area contributed by atoms with Crippen LogP contribution >= 0.6 is 0 Å². The van der Waals surface area contributed by atoms with Crippen LogP contribution in [-0.4, -0.2) is 46.1 Å². The van der Waals surface area contributed by atoms with E-state index < -0.39 is 5.41 Å². The highest BCUT2D eigenvalue weighted by Crippen LogP contribution is 2.41. The highest BCUT2D eigenvalue weighted by atomic mass is 16.4. The SMILES string of the molecule is NC(=NO)C1(C(=O)N2CCCCCC2CO)CCCC1. The standard InChI is InChI=1S/C14H25N3O3/c15-12(16-20)14(7-3-4-8-14)13(19)17-9-5-1-2-6-11(17)10-18/h11,18,20H,1-10H2,(H2,15,16). The zero-order valence-electron chi connectivity index (χ0n) is 11.9. The predicted molar refractivity (Wildman–Crippen MR) is 75.4 cm³/mol. The second-order valence-corrected chi connectivity index (χ2v) is 5.96. The quantitative estimate of drug-likeness (QED) is 0.312. The number of likely N-dealkylation sites (tertiary alicyclic amines) is 1. The molecule has 20 heavy (non-hydrogen) atoms. The van der Waals surface area contributed by atoms with Crippen molar-refractivity contribution in [2.75, 3.05) is 13.2 Å². The fourth-order valence-corrected chi connectivity index (χ4v) is 3.56. The molecule has 1 unspecified atom stereocenters. The number of rotatable bonds is 3. The number of carbonyl (C=O) groups is 1. The molecule has 0 spiro atoms. The highest BCUT2D eigenvalue weighted by molar-refractivity contribution is 6.07. The van der Waals surface area contributed by atoms with E-state index in [0.717, 1.165) is 38.5 Å². The van der Waals surface area contributed by atoms with Crippen molar-refractivity contribution >= 4 is 11.7 Å². The summed E-state index contributed by atoms with van der Waals surface area (Å²) in [6.45, 7) is 0.641. The number of aliphatic hydroxyl groups is 1. The Hall–Kier alpha value is -1.30. The third kappa shape index (κ3) is 2.61. The van der Waals surface area contributed by atoms with E-state index >= 15 is 0 Å². The van der Waals surface area contributed by atoms with Gasteiger partial charge in [-0.05, 0) is 25.7 Å². The molecule has 4 N–H and O–H groups in total. The van der Waals surface area contributed by atoms with Crippen LogP contribution in [0.15, 0.2) is 5.16 Å². The lowest BCUT2D eigenvalue weighted by molar-refractivity contribution is -0.141. The lowest BCUT2D eigenvalue weighted by Gasteiger charge is -2.36. The second-order valence-electron chi connectivity index (χ2n) is 5.96. The van der Waals surface area contributed by atoms with Crippen LogP contribution in [-0.2, 0) is 4.79 Å². The molecule has 2 fully saturated rings. The molecular formula is C14H25N3O3. The molecule has 2 rings (SSSR count). The van der Waals surface area contributed by atoms with Crippen LogP contribution in [0.25, 0.3) is 0 Å². The van der Waals surface area contributed by atoms with Crippen LogP contribution in [0.2, 0.25) is 0 Å². The minimum atomic E-state index is -0.855. The molecular weight excluding hydrogens is 258 g/mol. The molecule has 0 aromatic carbocycles. The molecule has 0 aromatic heterocycles. The molecule has 0 radical (unpaired) electrons. The van der Waals surface area contributed by atoms with Crippen LogP contribution in [0.5, 0.6) is 0 Å². The summed E-state index contributed by atoms with van der Waals surface area (Å²) >= 11 is 0. The summed E-state index contributed by atoms with van der Waals surface area (Å²) in [4.78, 5) is 14.8. The molecule has 1 amide bonds. The van der Waals surface area contributed by atoms with Gasteiger partial charge in [0.2, 0.25) is 5.91 Å². The third-order valence-electron chi connectivity index (χ3n) is 4.81. The minimum absolute atomic E-state index is 0.0159. The average molecular weight is 283 g/mol. The predicted octanol–water partition coefficient (Wildman–Crippen LogP) is 1.06. The van der Waals surface area contributed by atoms with Crippen molar-refractivity contribution in [1.82, 2.24) is 4.90 Å². The average Bonchev–Trinajstić information content (AvgIpc) is 2.85. The minimum Gasteiger partial charge on any atom is -0.409 e. The number of hydrogen-bond acceptors (Lipinski definition) is 4. The van der Waals surface area contributed by atoms with Gasteiger partial charge >= 0.3 is 0 Å². The Labute approximate surface area is 119 Å². The van der Waals surface area contributed by atoms with E-state index in [-0.39, 0.29) is 24.4 Å². The Kier molecular flexibility index (Phi) is 4.86. The first-order valence-electron chi connectivity index (χ1n) is 7.55. The van der Waals surface area contributed by atoms with Crippen molar-refractivity contribution in [3.8, 4) is 0 Å². The fourth-order valence-electron chi connectivity index (χ4n) is 3.56. The number of amides is 1. The molecule has 1 saturated heterocycles. The Morgan fingerprint density at radius 3 is 2.55 bits per heavy atom. The number of aliphatic hydroxyl groups excluding tert-OH is 1. The largest absolute Gasteiger partial charge is 0.409 e. The Bertz CT molecular complexity index is 378. The van der Waals surface area contributed by atoms with Gasteiger partial charge in [0.05, 0.1) is 12.6 Å². The zero-order valence-corrected chi connectivity index (χ0v) is 11.9. The van der Waals surface area contributed by atoms with Gasteiger partial charge in [0.1, 0.15) is 5.41 Å². The molecule has 1 aliphatic carbocycles. The van der Waals surface area contributed by atoms with Crippen LogP contribution in [0.4, 0.5) is 0 Å². The summed E-state index contributed by atoms with van der Waals surface area (Å²) in [5.74, 6) is -0.0350. The third-order valence-corrected chi connectivity index (χ3v) is 4.81. The Morgan fingerprint density at radius 1 is 1.25 bits per heavy atom. The van der Waals surface area contributed by atoms with E-state index in [2.05, 4.69) is 5.16 Å². The van der Waals surface area contributed by atoms with Crippen molar-refractivity contribution in [3.63, 3.8) is 0 Å². The maximum absolute atomic E-state index is 13.0. The molecule has 1 aliphatic heterocycles. The van der Waals surface area contributed by atoms with Crippen molar-refractivity contribution in [1.29, 1.82) is 0 Å². The number of nitrogens with two attached hydrogens (primary N) is 1. The van der Waals surface area contributed by atoms with E-state index in [0.29, 0.717) is 19.4 Å². The second kappa shape index (κ2) is 6.43. The number of hydrogen-bond donors (Lipinski definition) is 3. The van der Waals surface area contributed by atoms with E-state index in [9.17, 15) is 9.90 Å². The molecule has 1 atom stereocenters. The van der Waals surface area contributed by atoms with Crippen LogP contribution in [0.3, 0.4) is 0 Å². The van der Waals surface area contributed by atoms with Crippen molar-refractivity contribution in [2.45, 2.75) is 57.4 Å². The normalized spacial score (nSPS) is 27.4. The lowest BCUT2D eigenvalue weighted by Crippen LogP contribution is -2.53. The zero-order chi connectivity index (χ0) is 14.6. The summed E-state index contributed by atoms with van der Waals surface area (Å²) in [6, 6.07) is -0.131. The lowest BCUT2D eigenvalue weighted by atomic mass is 9.82. The van der Waals surface area contributed by atoms with Gasteiger partial charge in [-0.15, -0.1) is 0 Å². The topological polar surface area (TPSA) is 99.2 Å². The summed E-state index contributed by atoms with van der Waals surface area (Å²) < 4.78 is 0. The van der Waals surface area contributed by atoms with Crippen molar-refractivity contribution < 1.29 is 15.1 Å². The van der Waals surface area contributed by atoms with Crippen molar-refractivity contribution in [2.24, 2.45) is 16.3 Å². The van der Waals surface area contributed by atoms with Gasteiger partial charge < -0.3 is 20.9 Å². The summed E-state index contributed by atoms with van der Waals surface area (Å²) in [6.07, 6.45) is 7.00. The molecule has 114 valence electrons. The first-order valence-corrected chi connectivity index (χ1v) is 7.55. The van der Waals surface area contributed by atoms with Crippen LogP contribution in [0, 0.1) is 5.41 Å². The number of carbonyl (C=O) groups excluding carboxylic acids is 1. The number of oxime groups is 1. The van der Waals surface area contributed by atoms with Gasteiger partial charge in [-0.3, -0.25) is 4.79 Å². The van der Waals surface area contributed by atoms with E-state index in [1.54, 1.807) is 4.90 Å². The van der Waals surface area contributed by atoms with Gasteiger partial charge in [0.15, 0.2) is 5.84 Å². The molecule has 6 heteroatoms. The van der Waals surface area contributed by atoms with Gasteiger partial charge in [-0.2, -0.15) is 0 Å². The molecule has 6 nitrogen and oxygen atoms in total. The Morgan fingerprint density at radius 2 is 1.95 bits per heavy atom. The summed E-state index contributed by atoms with van der Waals surface area (Å²) in [5, 5.41) is 21.7. The highest BCUT2D eigenvalue weighted by Gasteiger charge is 2.48. The van der Waals surface area contributed by atoms with Crippen LogP contribution < -0.4 is 5.73 Å². The maximum Gasteiger partial charge on any atom is 0.236 e. The van der Waals surface area contributed by atoms with Gasteiger partial charge in [0.25, 0.3) is 0 Å². The van der Waals surface area contributed by atoms with E-state index in [1.165, 1.54) is 0 Å². The van der Waals surface area contributed by atoms with E-state index in [1.807, 2.05) is 0 Å². The first kappa shape index (κ1) is 15.1. The molecule has 2 aliphatic rings. The fraction of sp³-hybridized carbons (Fsp3) is 0.857.